The lowest BCUT2D eigenvalue weighted by molar-refractivity contribution is -0.141. The molecule has 0 fully saturated rings. The summed E-state index contributed by atoms with van der Waals surface area (Å²) in [6, 6.07) is 0. The molecule has 0 aliphatic heterocycles. The van der Waals surface area contributed by atoms with Gasteiger partial charge in [-0.1, -0.05) is 20.3 Å². The van der Waals surface area contributed by atoms with Crippen LogP contribution in [-0.4, -0.2) is 22.2 Å². The maximum Gasteiger partial charge on any atom is 0.303 e. The predicted octanol–water partition coefficient (Wildman–Crippen LogP) is 1.60. The van der Waals surface area contributed by atoms with Gasteiger partial charge in [0.05, 0.1) is 0 Å². The van der Waals surface area contributed by atoms with Crippen molar-refractivity contribution in [1.29, 1.82) is 0 Å². The van der Waals surface area contributed by atoms with Gasteiger partial charge in [-0.3, -0.25) is 9.59 Å². The molecule has 0 heterocycles. The summed E-state index contributed by atoms with van der Waals surface area (Å²) >= 11 is 0. The van der Waals surface area contributed by atoms with Crippen molar-refractivity contribution in [2.45, 2.75) is 33.1 Å². The average molecular weight is 188 g/mol. The number of hydrogen-bond donors (Lipinski definition) is 2. The monoisotopic (exact) mass is 188 g/mol. The van der Waals surface area contributed by atoms with Crippen LogP contribution in [0.5, 0.6) is 0 Å². The Bertz CT molecular complexity index is 172. The summed E-state index contributed by atoms with van der Waals surface area (Å²) in [5, 5.41) is 17.1. The SMILES string of the molecule is CCC(C)C(CC(=O)O)CC(=O)O. The van der Waals surface area contributed by atoms with Gasteiger partial charge < -0.3 is 10.2 Å². The Labute approximate surface area is 77.6 Å². The van der Waals surface area contributed by atoms with E-state index in [9.17, 15) is 9.59 Å². The van der Waals surface area contributed by atoms with Crippen molar-refractivity contribution >= 4 is 11.9 Å². The van der Waals surface area contributed by atoms with Crippen LogP contribution < -0.4 is 0 Å². The standard InChI is InChI=1S/C9H16O4/c1-3-6(2)7(4-8(10)11)5-9(12)13/h6-7H,3-5H2,1-2H3,(H,10,11)(H,12,13). The first-order valence-electron chi connectivity index (χ1n) is 4.41. The maximum atomic E-state index is 10.4. The van der Waals surface area contributed by atoms with Crippen LogP contribution in [0.25, 0.3) is 0 Å². The molecule has 1 unspecified atom stereocenters. The van der Waals surface area contributed by atoms with E-state index in [1.807, 2.05) is 13.8 Å². The summed E-state index contributed by atoms with van der Waals surface area (Å²) in [6.45, 7) is 3.82. The lowest BCUT2D eigenvalue weighted by Gasteiger charge is -2.18. The van der Waals surface area contributed by atoms with E-state index in [4.69, 9.17) is 10.2 Å². The van der Waals surface area contributed by atoms with Gasteiger partial charge in [0.25, 0.3) is 0 Å². The predicted molar refractivity (Wildman–Crippen MR) is 47.5 cm³/mol. The first-order chi connectivity index (χ1) is 5.97. The summed E-state index contributed by atoms with van der Waals surface area (Å²) in [5.74, 6) is -1.95. The van der Waals surface area contributed by atoms with E-state index >= 15 is 0 Å². The van der Waals surface area contributed by atoms with Crippen LogP contribution >= 0.6 is 0 Å². The van der Waals surface area contributed by atoms with Gasteiger partial charge in [-0.15, -0.1) is 0 Å². The number of carboxylic acid groups (broad SMARTS) is 2. The van der Waals surface area contributed by atoms with E-state index in [1.165, 1.54) is 0 Å². The lowest BCUT2D eigenvalue weighted by atomic mass is 9.86. The zero-order chi connectivity index (χ0) is 10.4. The molecule has 0 bridgehead atoms. The third-order valence-electron chi connectivity index (χ3n) is 2.32. The minimum absolute atomic E-state index is 0.0543. The van der Waals surface area contributed by atoms with E-state index in [-0.39, 0.29) is 24.7 Å². The number of carbonyl (C=O) groups is 2. The Kier molecular flexibility index (Phi) is 5.11. The topological polar surface area (TPSA) is 74.6 Å². The van der Waals surface area contributed by atoms with Gasteiger partial charge in [0.2, 0.25) is 0 Å². The van der Waals surface area contributed by atoms with Crippen molar-refractivity contribution in [1.82, 2.24) is 0 Å². The molecular formula is C9H16O4. The molecule has 13 heavy (non-hydrogen) atoms. The Balaban J connectivity index is 4.17. The molecule has 0 aliphatic carbocycles. The molecule has 4 heteroatoms. The molecule has 2 N–H and O–H groups in total. The summed E-state index contributed by atoms with van der Waals surface area (Å²) in [4.78, 5) is 20.8. The van der Waals surface area contributed by atoms with E-state index in [1.54, 1.807) is 0 Å². The highest BCUT2D eigenvalue weighted by Gasteiger charge is 2.21. The number of rotatable bonds is 6. The summed E-state index contributed by atoms with van der Waals surface area (Å²) in [7, 11) is 0. The zero-order valence-electron chi connectivity index (χ0n) is 7.99. The van der Waals surface area contributed by atoms with Crippen LogP contribution in [0, 0.1) is 11.8 Å². The molecule has 76 valence electrons. The van der Waals surface area contributed by atoms with Crippen molar-refractivity contribution in [3.63, 3.8) is 0 Å². The van der Waals surface area contributed by atoms with Crippen molar-refractivity contribution < 1.29 is 19.8 Å². The minimum atomic E-state index is -0.924. The third-order valence-corrected chi connectivity index (χ3v) is 2.32. The van der Waals surface area contributed by atoms with Crippen molar-refractivity contribution in [2.75, 3.05) is 0 Å². The zero-order valence-corrected chi connectivity index (χ0v) is 7.99. The number of carboxylic acids is 2. The molecule has 0 rings (SSSR count). The molecule has 0 aromatic carbocycles. The molecular weight excluding hydrogens is 172 g/mol. The summed E-state index contributed by atoms with van der Waals surface area (Å²) in [6.07, 6.45) is 0.702. The Hall–Kier alpha value is -1.06. The number of aliphatic carboxylic acids is 2. The Morgan fingerprint density at radius 3 is 1.77 bits per heavy atom. The minimum Gasteiger partial charge on any atom is -0.481 e. The van der Waals surface area contributed by atoms with Gasteiger partial charge in [-0.05, 0) is 11.8 Å². The molecule has 1 atom stereocenters. The second-order valence-electron chi connectivity index (χ2n) is 3.34. The molecule has 0 amide bonds. The van der Waals surface area contributed by atoms with Gasteiger partial charge in [0, 0.05) is 12.8 Å². The average Bonchev–Trinajstić information content (AvgIpc) is 2.00. The van der Waals surface area contributed by atoms with Crippen molar-refractivity contribution in [2.24, 2.45) is 11.8 Å². The quantitative estimate of drug-likeness (QED) is 0.663. The second-order valence-corrected chi connectivity index (χ2v) is 3.34. The molecule has 0 spiro atoms. The summed E-state index contributed by atoms with van der Waals surface area (Å²) in [5.41, 5.74) is 0. The van der Waals surface area contributed by atoms with Crippen molar-refractivity contribution in [3.8, 4) is 0 Å². The van der Waals surface area contributed by atoms with Crippen LogP contribution in [0.3, 0.4) is 0 Å². The van der Waals surface area contributed by atoms with Crippen LogP contribution in [0.15, 0.2) is 0 Å². The highest BCUT2D eigenvalue weighted by molar-refractivity contribution is 5.70. The van der Waals surface area contributed by atoms with E-state index in [0.29, 0.717) is 0 Å². The van der Waals surface area contributed by atoms with Crippen LogP contribution in [-0.2, 0) is 9.59 Å². The lowest BCUT2D eigenvalue weighted by Crippen LogP contribution is -2.19. The van der Waals surface area contributed by atoms with Gasteiger partial charge in [-0.25, -0.2) is 0 Å². The van der Waals surface area contributed by atoms with E-state index in [2.05, 4.69) is 0 Å². The van der Waals surface area contributed by atoms with Crippen LogP contribution in [0.2, 0.25) is 0 Å². The highest BCUT2D eigenvalue weighted by atomic mass is 16.4. The van der Waals surface area contributed by atoms with Crippen LogP contribution in [0.1, 0.15) is 33.1 Å². The molecule has 0 saturated carbocycles. The molecule has 0 radical (unpaired) electrons. The first kappa shape index (κ1) is 11.9. The van der Waals surface area contributed by atoms with E-state index < -0.39 is 11.9 Å². The molecule has 0 aromatic rings. The molecule has 0 saturated heterocycles. The van der Waals surface area contributed by atoms with E-state index in [0.717, 1.165) is 6.42 Å². The molecule has 0 aliphatic rings. The van der Waals surface area contributed by atoms with Gasteiger partial charge in [0.1, 0.15) is 0 Å². The molecule has 0 aromatic heterocycles. The largest absolute Gasteiger partial charge is 0.481 e. The Morgan fingerprint density at radius 2 is 1.54 bits per heavy atom. The van der Waals surface area contributed by atoms with Crippen molar-refractivity contribution in [3.05, 3.63) is 0 Å². The smallest absolute Gasteiger partial charge is 0.303 e. The Morgan fingerprint density at radius 1 is 1.15 bits per heavy atom. The third kappa shape index (κ3) is 5.22. The van der Waals surface area contributed by atoms with Gasteiger partial charge in [0.15, 0.2) is 0 Å². The number of hydrogen-bond acceptors (Lipinski definition) is 2. The maximum absolute atomic E-state index is 10.4. The molecule has 4 nitrogen and oxygen atoms in total. The van der Waals surface area contributed by atoms with Crippen LogP contribution in [0.4, 0.5) is 0 Å². The fourth-order valence-corrected chi connectivity index (χ4v) is 1.26. The second kappa shape index (κ2) is 5.56. The fraction of sp³-hybridized carbons (Fsp3) is 0.778. The van der Waals surface area contributed by atoms with Gasteiger partial charge in [-0.2, -0.15) is 0 Å². The summed E-state index contributed by atoms with van der Waals surface area (Å²) < 4.78 is 0. The highest BCUT2D eigenvalue weighted by Crippen LogP contribution is 2.22. The fourth-order valence-electron chi connectivity index (χ4n) is 1.26. The normalized spacial score (nSPS) is 12.8. The first-order valence-corrected chi connectivity index (χ1v) is 4.41. The van der Waals surface area contributed by atoms with Gasteiger partial charge >= 0.3 is 11.9 Å².